The van der Waals surface area contributed by atoms with Crippen LogP contribution >= 0.6 is 0 Å². The molecule has 2 heterocycles. The molecule has 5 nitrogen and oxygen atoms in total. The normalized spacial score (nSPS) is 23.0. The van der Waals surface area contributed by atoms with Crippen molar-refractivity contribution in [2.45, 2.75) is 12.5 Å². The van der Waals surface area contributed by atoms with E-state index in [0.717, 1.165) is 11.3 Å². The molecule has 1 aromatic carbocycles. The molecule has 21 heavy (non-hydrogen) atoms. The van der Waals surface area contributed by atoms with E-state index in [4.69, 9.17) is 4.74 Å². The highest BCUT2D eigenvalue weighted by molar-refractivity contribution is 5.75. The molecular weight excluding hydrogens is 268 g/mol. The van der Waals surface area contributed by atoms with Gasteiger partial charge in [0.1, 0.15) is 0 Å². The fourth-order valence-electron chi connectivity index (χ4n) is 2.86. The van der Waals surface area contributed by atoms with E-state index < -0.39 is 12.0 Å². The summed E-state index contributed by atoms with van der Waals surface area (Å²) in [6.07, 6.45) is 3.35. The Morgan fingerprint density at radius 1 is 1.43 bits per heavy atom. The maximum absolute atomic E-state index is 12.0. The lowest BCUT2D eigenvalue weighted by atomic mass is 9.84. The molecule has 3 atom stereocenters. The minimum atomic E-state index is -0.834. The third kappa shape index (κ3) is 2.69. The van der Waals surface area contributed by atoms with Crippen molar-refractivity contribution in [1.29, 1.82) is 0 Å². The first-order chi connectivity index (χ1) is 10.2. The highest BCUT2D eigenvalue weighted by atomic mass is 16.5. The fourth-order valence-corrected chi connectivity index (χ4v) is 2.86. The Labute approximate surface area is 123 Å². The fraction of sp³-hybridized carbons (Fsp3) is 0.375. The number of hydrogen-bond donors (Lipinski definition) is 1. The second-order valence-corrected chi connectivity index (χ2v) is 5.47. The molecule has 1 saturated heterocycles. The summed E-state index contributed by atoms with van der Waals surface area (Å²) in [6.45, 7) is 0.346. The van der Waals surface area contributed by atoms with E-state index in [-0.39, 0.29) is 11.9 Å². The molecular formula is C16H18N2O3. The SMILES string of the molecule is Cn1cncc1C[C@@H]1COC(=O)[C@@H]1[C@H](O)c1ccccc1. The van der Waals surface area contributed by atoms with Crippen LogP contribution in [-0.2, 0) is 23.0 Å². The van der Waals surface area contributed by atoms with Gasteiger partial charge in [0.2, 0.25) is 0 Å². The van der Waals surface area contributed by atoms with Crippen LogP contribution in [0.15, 0.2) is 42.9 Å². The number of cyclic esters (lactones) is 1. The Morgan fingerprint density at radius 3 is 2.86 bits per heavy atom. The predicted molar refractivity (Wildman–Crippen MR) is 76.3 cm³/mol. The molecule has 0 amide bonds. The second-order valence-electron chi connectivity index (χ2n) is 5.47. The minimum absolute atomic E-state index is 0.0388. The molecule has 0 spiro atoms. The Hall–Kier alpha value is -2.14. The number of nitrogens with zero attached hydrogens (tertiary/aromatic N) is 2. The summed E-state index contributed by atoms with van der Waals surface area (Å²) < 4.78 is 7.11. The van der Waals surface area contributed by atoms with Gasteiger partial charge in [0.05, 0.1) is 25.0 Å². The molecule has 0 unspecified atom stereocenters. The maximum atomic E-state index is 12.0. The number of aliphatic hydroxyl groups is 1. The number of hydrogen-bond acceptors (Lipinski definition) is 4. The zero-order valence-corrected chi connectivity index (χ0v) is 11.8. The van der Waals surface area contributed by atoms with Gasteiger partial charge in [-0.25, -0.2) is 4.98 Å². The van der Waals surface area contributed by atoms with Crippen LogP contribution < -0.4 is 0 Å². The summed E-state index contributed by atoms with van der Waals surface area (Å²) in [7, 11) is 1.92. The zero-order chi connectivity index (χ0) is 14.8. The van der Waals surface area contributed by atoms with Gasteiger partial charge in [0, 0.05) is 24.9 Å². The number of ether oxygens (including phenoxy) is 1. The van der Waals surface area contributed by atoms with Crippen LogP contribution in [0.25, 0.3) is 0 Å². The third-order valence-corrected chi connectivity index (χ3v) is 4.09. The maximum Gasteiger partial charge on any atom is 0.312 e. The largest absolute Gasteiger partial charge is 0.465 e. The number of carbonyl (C=O) groups is 1. The summed E-state index contributed by atoms with van der Waals surface area (Å²) in [4.78, 5) is 16.1. The van der Waals surface area contributed by atoms with Crippen LogP contribution in [0.3, 0.4) is 0 Å². The van der Waals surface area contributed by atoms with Crippen LogP contribution in [-0.4, -0.2) is 27.2 Å². The summed E-state index contributed by atoms with van der Waals surface area (Å²) >= 11 is 0. The lowest BCUT2D eigenvalue weighted by molar-refractivity contribution is -0.144. The third-order valence-electron chi connectivity index (χ3n) is 4.09. The Kier molecular flexibility index (Phi) is 3.75. The summed E-state index contributed by atoms with van der Waals surface area (Å²) in [5.74, 6) is -0.885. The summed E-state index contributed by atoms with van der Waals surface area (Å²) in [5, 5.41) is 10.5. The minimum Gasteiger partial charge on any atom is -0.465 e. The average molecular weight is 286 g/mol. The van der Waals surface area contributed by atoms with Crippen molar-refractivity contribution in [1.82, 2.24) is 9.55 Å². The van der Waals surface area contributed by atoms with E-state index in [2.05, 4.69) is 4.98 Å². The monoisotopic (exact) mass is 286 g/mol. The van der Waals surface area contributed by atoms with Gasteiger partial charge in [-0.2, -0.15) is 0 Å². The predicted octanol–water partition coefficient (Wildman–Crippen LogP) is 1.49. The first-order valence-electron chi connectivity index (χ1n) is 7.01. The van der Waals surface area contributed by atoms with Gasteiger partial charge >= 0.3 is 5.97 Å². The van der Waals surface area contributed by atoms with Gasteiger partial charge in [-0.3, -0.25) is 4.79 Å². The number of imidazole rings is 1. The van der Waals surface area contributed by atoms with Gasteiger partial charge in [-0.05, 0) is 12.0 Å². The number of aromatic nitrogens is 2. The number of benzene rings is 1. The Bertz CT molecular complexity index is 623. The first kappa shape index (κ1) is 13.8. The van der Waals surface area contributed by atoms with Crippen molar-refractivity contribution in [2.75, 3.05) is 6.61 Å². The van der Waals surface area contributed by atoms with Crippen molar-refractivity contribution in [3.8, 4) is 0 Å². The molecule has 0 aliphatic carbocycles. The molecule has 5 heteroatoms. The molecule has 0 saturated carbocycles. The molecule has 2 aromatic rings. The van der Waals surface area contributed by atoms with Crippen LogP contribution in [0.4, 0.5) is 0 Å². The topological polar surface area (TPSA) is 64.4 Å². The van der Waals surface area contributed by atoms with E-state index >= 15 is 0 Å². The number of aryl methyl sites for hydroxylation is 1. The van der Waals surface area contributed by atoms with Crippen LogP contribution in [0.2, 0.25) is 0 Å². The van der Waals surface area contributed by atoms with E-state index in [1.54, 1.807) is 12.5 Å². The molecule has 110 valence electrons. The Morgan fingerprint density at radius 2 is 2.19 bits per heavy atom. The van der Waals surface area contributed by atoms with Crippen LogP contribution in [0.1, 0.15) is 17.4 Å². The summed E-state index contributed by atoms with van der Waals surface area (Å²) in [6, 6.07) is 9.26. The van der Waals surface area contributed by atoms with E-state index in [9.17, 15) is 9.90 Å². The van der Waals surface area contributed by atoms with Crippen molar-refractivity contribution in [3.63, 3.8) is 0 Å². The lowest BCUT2D eigenvalue weighted by Gasteiger charge is -2.21. The van der Waals surface area contributed by atoms with Crippen LogP contribution in [0.5, 0.6) is 0 Å². The van der Waals surface area contributed by atoms with Crippen LogP contribution in [0, 0.1) is 11.8 Å². The van der Waals surface area contributed by atoms with Gasteiger partial charge in [-0.15, -0.1) is 0 Å². The van der Waals surface area contributed by atoms with E-state index in [0.29, 0.717) is 13.0 Å². The van der Waals surface area contributed by atoms with Gasteiger partial charge in [-0.1, -0.05) is 30.3 Å². The average Bonchev–Trinajstić information content (AvgIpc) is 3.06. The van der Waals surface area contributed by atoms with Gasteiger partial charge < -0.3 is 14.4 Å². The molecule has 0 bridgehead atoms. The number of carbonyl (C=O) groups excluding carboxylic acids is 1. The molecule has 1 aliphatic heterocycles. The first-order valence-corrected chi connectivity index (χ1v) is 7.01. The molecule has 3 rings (SSSR count). The van der Waals surface area contributed by atoms with Crippen molar-refractivity contribution in [3.05, 3.63) is 54.1 Å². The number of esters is 1. The zero-order valence-electron chi connectivity index (χ0n) is 11.8. The highest BCUT2D eigenvalue weighted by Gasteiger charge is 2.42. The lowest BCUT2D eigenvalue weighted by Crippen LogP contribution is -2.26. The highest BCUT2D eigenvalue weighted by Crippen LogP contribution is 2.35. The smallest absolute Gasteiger partial charge is 0.312 e. The van der Waals surface area contributed by atoms with Crippen molar-refractivity contribution >= 4 is 5.97 Å². The summed E-state index contributed by atoms with van der Waals surface area (Å²) in [5.41, 5.74) is 1.78. The van der Waals surface area contributed by atoms with Crippen molar-refractivity contribution in [2.24, 2.45) is 18.9 Å². The molecule has 1 N–H and O–H groups in total. The number of aliphatic hydroxyl groups excluding tert-OH is 1. The standard InChI is InChI=1S/C16H18N2O3/c1-18-10-17-8-13(18)7-12-9-21-16(20)14(12)15(19)11-5-3-2-4-6-11/h2-6,8,10,12,14-15,19H,7,9H2,1H3/t12-,14+,15-/m1/s1. The van der Waals surface area contributed by atoms with E-state index in [1.165, 1.54) is 0 Å². The van der Waals surface area contributed by atoms with Gasteiger partial charge in [0.25, 0.3) is 0 Å². The van der Waals surface area contributed by atoms with Crippen molar-refractivity contribution < 1.29 is 14.6 Å². The molecule has 1 aromatic heterocycles. The molecule has 1 aliphatic rings. The Balaban J connectivity index is 1.81. The van der Waals surface area contributed by atoms with E-state index in [1.807, 2.05) is 41.9 Å². The molecule has 0 radical (unpaired) electrons. The number of rotatable bonds is 4. The second kappa shape index (κ2) is 5.69. The van der Waals surface area contributed by atoms with Gasteiger partial charge in [0.15, 0.2) is 0 Å². The quantitative estimate of drug-likeness (QED) is 0.865. The molecule has 1 fully saturated rings.